The van der Waals surface area contributed by atoms with Crippen molar-refractivity contribution in [2.24, 2.45) is 0 Å². The average Bonchev–Trinajstić information content (AvgIpc) is 2.28. The van der Waals surface area contributed by atoms with Crippen molar-refractivity contribution < 1.29 is 0 Å². The third kappa shape index (κ3) is 5.29. The number of unbranched alkanes of at least 4 members (excludes halogenated alkanes) is 1. The van der Waals surface area contributed by atoms with Crippen LogP contribution in [0.5, 0.6) is 0 Å². The molecule has 0 aromatic heterocycles. The lowest BCUT2D eigenvalue weighted by Crippen LogP contribution is -2.30. The number of rotatable bonds is 9. The van der Waals surface area contributed by atoms with Gasteiger partial charge in [-0.2, -0.15) is 0 Å². The quantitative estimate of drug-likeness (QED) is 0.558. The first-order chi connectivity index (χ1) is 7.24. The van der Waals surface area contributed by atoms with Gasteiger partial charge in [-0.3, -0.25) is 9.34 Å². The number of hydrogen-bond acceptors (Lipinski definition) is 2. The predicted octanol–water partition coefficient (Wildman–Crippen LogP) is 3.78. The summed E-state index contributed by atoms with van der Waals surface area (Å²) in [5.74, 6) is 0. The average molecular weight is 232 g/mol. The van der Waals surface area contributed by atoms with Gasteiger partial charge in [0.1, 0.15) is 0 Å². The Morgan fingerprint density at radius 1 is 0.733 bits per heavy atom. The van der Waals surface area contributed by atoms with Gasteiger partial charge in [0, 0.05) is 34.4 Å². The van der Waals surface area contributed by atoms with Gasteiger partial charge in [0.2, 0.25) is 0 Å². The largest absolute Gasteiger partial charge is 0.270 e. The van der Waals surface area contributed by atoms with Crippen molar-refractivity contribution in [2.75, 3.05) is 32.3 Å². The molecule has 0 saturated heterocycles. The number of hydrogen-bond donors (Lipinski definition) is 0. The summed E-state index contributed by atoms with van der Waals surface area (Å²) in [5.41, 5.74) is 0. The molecule has 0 unspecified atom stereocenters. The van der Waals surface area contributed by atoms with Gasteiger partial charge in [-0.1, -0.05) is 41.0 Å². The van der Waals surface area contributed by atoms with Gasteiger partial charge < -0.3 is 0 Å². The molecule has 92 valence electrons. The van der Waals surface area contributed by atoms with Gasteiger partial charge in [0.25, 0.3) is 0 Å². The van der Waals surface area contributed by atoms with Crippen LogP contribution in [0.3, 0.4) is 0 Å². The van der Waals surface area contributed by atoms with E-state index in [1.807, 2.05) is 0 Å². The highest BCUT2D eigenvalue weighted by Crippen LogP contribution is 2.44. The monoisotopic (exact) mass is 232 g/mol. The molecule has 0 aliphatic heterocycles. The molecule has 2 nitrogen and oxygen atoms in total. The molecule has 0 aliphatic carbocycles. The molecule has 0 amide bonds. The minimum atomic E-state index is -0.0271. The predicted molar refractivity (Wildman–Crippen MR) is 72.5 cm³/mol. The second-order valence-electron chi connectivity index (χ2n) is 3.73. The van der Waals surface area contributed by atoms with Crippen LogP contribution in [0.15, 0.2) is 0 Å². The molecule has 15 heavy (non-hydrogen) atoms. The van der Waals surface area contributed by atoms with Crippen molar-refractivity contribution in [3.05, 3.63) is 0 Å². The fraction of sp³-hybridized carbons (Fsp3) is 1.00. The van der Waals surface area contributed by atoms with Gasteiger partial charge in [-0.25, -0.2) is 0 Å². The van der Waals surface area contributed by atoms with Crippen LogP contribution in [0.1, 0.15) is 47.5 Å². The van der Waals surface area contributed by atoms with E-state index in [9.17, 15) is 0 Å². The Labute approximate surface area is 97.9 Å². The minimum absolute atomic E-state index is 0.0271. The first-order valence-corrected chi connectivity index (χ1v) is 7.95. The van der Waals surface area contributed by atoms with Crippen molar-refractivity contribution in [3.8, 4) is 0 Å². The molecule has 0 radical (unpaired) electrons. The molecular weight excluding hydrogens is 203 g/mol. The van der Waals surface area contributed by atoms with E-state index in [1.54, 1.807) is 0 Å². The van der Waals surface area contributed by atoms with Crippen molar-refractivity contribution in [3.63, 3.8) is 0 Å². The van der Waals surface area contributed by atoms with Crippen molar-refractivity contribution in [2.45, 2.75) is 47.5 Å². The molecule has 0 bridgehead atoms. The Morgan fingerprint density at radius 2 is 1.13 bits per heavy atom. The molecular formula is C12H29N2P. The molecule has 0 rings (SSSR count). The Bertz CT molecular complexity index is 122. The maximum Gasteiger partial charge on any atom is 0.0394 e. The van der Waals surface area contributed by atoms with E-state index in [1.165, 1.54) is 45.2 Å². The summed E-state index contributed by atoms with van der Waals surface area (Å²) in [6, 6.07) is 0. The molecule has 0 fully saturated rings. The van der Waals surface area contributed by atoms with Gasteiger partial charge in [-0.15, -0.1) is 0 Å². The Hall–Kier alpha value is 0.350. The van der Waals surface area contributed by atoms with Crippen molar-refractivity contribution in [1.29, 1.82) is 0 Å². The Balaban J connectivity index is 4.38. The molecule has 3 heteroatoms. The van der Waals surface area contributed by atoms with Crippen LogP contribution < -0.4 is 0 Å². The molecule has 0 aromatic carbocycles. The number of nitrogens with zero attached hydrogens (tertiary/aromatic N) is 2. The third-order valence-corrected chi connectivity index (χ3v) is 5.98. The standard InChI is InChI=1S/C12H29N2P/c1-6-11-12-15(13(7-2)8-3)14(9-4)10-5/h6-12H2,1-5H3. The van der Waals surface area contributed by atoms with Crippen LogP contribution in [0.4, 0.5) is 0 Å². The highest BCUT2D eigenvalue weighted by Gasteiger charge is 2.20. The first-order valence-electron chi connectivity index (χ1n) is 6.52. The topological polar surface area (TPSA) is 6.48 Å². The van der Waals surface area contributed by atoms with E-state index >= 15 is 0 Å². The zero-order valence-electron chi connectivity index (χ0n) is 11.3. The summed E-state index contributed by atoms with van der Waals surface area (Å²) >= 11 is 0. The molecule has 0 spiro atoms. The van der Waals surface area contributed by atoms with Gasteiger partial charge in [-0.05, 0) is 12.6 Å². The van der Waals surface area contributed by atoms with E-state index in [-0.39, 0.29) is 8.22 Å². The van der Waals surface area contributed by atoms with Crippen molar-refractivity contribution in [1.82, 2.24) is 9.34 Å². The zero-order chi connectivity index (χ0) is 11.7. The van der Waals surface area contributed by atoms with Crippen LogP contribution >= 0.6 is 8.22 Å². The molecule has 0 atom stereocenters. The lowest BCUT2D eigenvalue weighted by molar-refractivity contribution is 0.421. The van der Waals surface area contributed by atoms with Gasteiger partial charge in [0.05, 0.1) is 0 Å². The summed E-state index contributed by atoms with van der Waals surface area (Å²) in [7, 11) is -0.0271. The molecule has 0 aromatic rings. The second-order valence-corrected chi connectivity index (χ2v) is 6.05. The van der Waals surface area contributed by atoms with Crippen LogP contribution in [-0.2, 0) is 0 Å². The van der Waals surface area contributed by atoms with Crippen LogP contribution in [0.25, 0.3) is 0 Å². The summed E-state index contributed by atoms with van der Waals surface area (Å²) < 4.78 is 5.30. The van der Waals surface area contributed by atoms with Crippen LogP contribution in [0.2, 0.25) is 0 Å². The SMILES string of the molecule is CCCCP(N(CC)CC)N(CC)CC. The van der Waals surface area contributed by atoms with E-state index < -0.39 is 0 Å². The first kappa shape index (κ1) is 15.3. The van der Waals surface area contributed by atoms with Crippen molar-refractivity contribution >= 4 is 8.22 Å². The Kier molecular flexibility index (Phi) is 9.79. The summed E-state index contributed by atoms with van der Waals surface area (Å²) in [6.07, 6.45) is 4.08. The molecule has 0 N–H and O–H groups in total. The second kappa shape index (κ2) is 9.57. The maximum absolute atomic E-state index is 2.65. The third-order valence-electron chi connectivity index (χ3n) is 2.82. The van der Waals surface area contributed by atoms with Gasteiger partial charge >= 0.3 is 0 Å². The smallest absolute Gasteiger partial charge is 0.0394 e. The lowest BCUT2D eigenvalue weighted by atomic mass is 10.4. The van der Waals surface area contributed by atoms with E-state index in [4.69, 9.17) is 0 Å². The minimum Gasteiger partial charge on any atom is -0.270 e. The van der Waals surface area contributed by atoms with E-state index in [0.29, 0.717) is 0 Å². The summed E-state index contributed by atoms with van der Waals surface area (Å²) in [6.45, 7) is 16.2. The zero-order valence-corrected chi connectivity index (χ0v) is 12.2. The summed E-state index contributed by atoms with van der Waals surface area (Å²) in [5, 5.41) is 0. The summed E-state index contributed by atoms with van der Waals surface area (Å²) in [4.78, 5) is 0. The molecule has 0 saturated carbocycles. The normalized spacial score (nSPS) is 12.0. The fourth-order valence-electron chi connectivity index (χ4n) is 1.86. The lowest BCUT2D eigenvalue weighted by Gasteiger charge is -2.37. The maximum atomic E-state index is 2.65. The molecule has 0 aliphatic rings. The van der Waals surface area contributed by atoms with E-state index in [2.05, 4.69) is 44.0 Å². The fourth-order valence-corrected chi connectivity index (χ4v) is 4.69. The van der Waals surface area contributed by atoms with Crippen LogP contribution in [-0.4, -0.2) is 41.7 Å². The Morgan fingerprint density at radius 3 is 1.40 bits per heavy atom. The van der Waals surface area contributed by atoms with Gasteiger partial charge in [0.15, 0.2) is 0 Å². The highest BCUT2D eigenvalue weighted by atomic mass is 31.1. The molecule has 0 heterocycles. The van der Waals surface area contributed by atoms with E-state index in [0.717, 1.165) is 0 Å². The van der Waals surface area contributed by atoms with Crippen LogP contribution in [0, 0.1) is 0 Å². The highest BCUT2D eigenvalue weighted by molar-refractivity contribution is 7.52.